The smallest absolute Gasteiger partial charge is 0.346 e. The van der Waals surface area contributed by atoms with Crippen molar-refractivity contribution in [2.45, 2.75) is 24.9 Å². The third kappa shape index (κ3) is 12.0. The van der Waals surface area contributed by atoms with Crippen LogP contribution in [0, 0.1) is 0 Å². The van der Waals surface area contributed by atoms with E-state index in [1.807, 2.05) is 0 Å². The van der Waals surface area contributed by atoms with E-state index in [0.717, 1.165) is 0 Å². The lowest BCUT2D eigenvalue weighted by molar-refractivity contribution is -0.140. The zero-order valence-electron chi connectivity index (χ0n) is 14.2. The van der Waals surface area contributed by atoms with Gasteiger partial charge in [-0.3, -0.25) is 23.7 Å². The second-order valence-electron chi connectivity index (χ2n) is 5.24. The minimum absolute atomic E-state index is 0.0328. The predicted molar refractivity (Wildman–Crippen MR) is 88.3 cm³/mol. The molecule has 0 heterocycles. The van der Waals surface area contributed by atoms with Crippen LogP contribution in [-0.2, 0) is 28.4 Å². The van der Waals surface area contributed by atoms with Crippen molar-refractivity contribution in [3.8, 4) is 0 Å². The van der Waals surface area contributed by atoms with Crippen molar-refractivity contribution in [3.63, 3.8) is 0 Å². The topological polar surface area (TPSA) is 238 Å². The quantitative estimate of drug-likeness (QED) is 0.0964. The minimum Gasteiger partial charge on any atom is -0.481 e. The number of hydrogen-bond donors (Lipinski definition) is 8. The molecule has 0 aliphatic heterocycles. The summed E-state index contributed by atoms with van der Waals surface area (Å²) < 4.78 is 16.2. The van der Waals surface area contributed by atoms with Gasteiger partial charge in [0.15, 0.2) is 0 Å². The molecule has 3 atom stereocenters. The molecule has 27 heavy (non-hydrogen) atoms. The molecule has 0 saturated heterocycles. The summed E-state index contributed by atoms with van der Waals surface area (Å²) in [4.78, 5) is 53.8. The summed E-state index contributed by atoms with van der Waals surface area (Å²) in [6.07, 6.45) is -1.97. The molecule has 0 aliphatic rings. The van der Waals surface area contributed by atoms with E-state index in [9.17, 15) is 28.6 Å². The lowest BCUT2D eigenvalue weighted by Gasteiger charge is -2.18. The number of hydrogen-bond acceptors (Lipinski definition) is 9. The van der Waals surface area contributed by atoms with Gasteiger partial charge in [-0.05, 0) is 0 Å². The Kier molecular flexibility index (Phi) is 11.4. The normalized spacial score (nSPS) is 15.3. The summed E-state index contributed by atoms with van der Waals surface area (Å²) in [5.41, 5.74) is 6.73. The maximum atomic E-state index is 11.9. The molecule has 0 rings (SSSR count). The highest BCUT2D eigenvalue weighted by Gasteiger charge is 2.27. The van der Waals surface area contributed by atoms with Crippen LogP contribution in [-0.4, -0.2) is 81.9 Å². The maximum absolute atomic E-state index is 11.9. The van der Waals surface area contributed by atoms with Crippen molar-refractivity contribution in [1.29, 1.82) is 0 Å². The van der Waals surface area contributed by atoms with E-state index in [0.29, 0.717) is 0 Å². The largest absolute Gasteiger partial charge is 0.481 e. The van der Waals surface area contributed by atoms with Crippen LogP contribution in [0.25, 0.3) is 0 Å². The molecule has 0 fully saturated rings. The summed E-state index contributed by atoms with van der Waals surface area (Å²) in [5, 5.41) is 30.8. The molecule has 0 aromatic carbocycles. The summed E-state index contributed by atoms with van der Waals surface area (Å²) >= 11 is 0. The van der Waals surface area contributed by atoms with Crippen molar-refractivity contribution in [3.05, 3.63) is 0 Å². The van der Waals surface area contributed by atoms with Crippen molar-refractivity contribution in [2.75, 3.05) is 25.9 Å². The Balaban J connectivity index is 4.50. The van der Waals surface area contributed by atoms with E-state index < -0.39 is 62.4 Å². The Morgan fingerprint density at radius 3 is 2.07 bits per heavy atom. The Labute approximate surface area is 153 Å². The Morgan fingerprint density at radius 2 is 1.59 bits per heavy atom. The molecule has 0 spiro atoms. The van der Waals surface area contributed by atoms with E-state index in [4.69, 9.17) is 21.1 Å². The fourth-order valence-electron chi connectivity index (χ4n) is 1.68. The van der Waals surface area contributed by atoms with Gasteiger partial charge in [0.05, 0.1) is 31.7 Å². The first-order valence-electron chi connectivity index (χ1n) is 7.59. The van der Waals surface area contributed by atoms with Crippen LogP contribution in [0.1, 0.15) is 12.8 Å². The number of primary amides is 1. The third-order valence-corrected chi connectivity index (χ3v) is 4.13. The molecule has 0 bridgehead atoms. The van der Waals surface area contributed by atoms with Gasteiger partial charge >= 0.3 is 19.5 Å². The van der Waals surface area contributed by atoms with Crippen LogP contribution in [0.4, 0.5) is 0 Å². The summed E-state index contributed by atoms with van der Waals surface area (Å²) in [6.45, 7) is -0.744. The SMILES string of the molecule is NC(=O)[C@H](CC(=O)O)NOP(=O)(O)CCNC(=O)[C@H](CC(=O)O)NCCO. The van der Waals surface area contributed by atoms with E-state index in [-0.39, 0.29) is 19.7 Å². The summed E-state index contributed by atoms with van der Waals surface area (Å²) in [6, 6.07) is -2.71. The second-order valence-corrected chi connectivity index (χ2v) is 7.15. The first kappa shape index (κ1) is 24.9. The Bertz CT molecular complexity index is 587. The molecule has 14 nitrogen and oxygen atoms in total. The van der Waals surface area contributed by atoms with Crippen LogP contribution in [0.5, 0.6) is 0 Å². The highest BCUT2D eigenvalue weighted by Crippen LogP contribution is 2.39. The highest BCUT2D eigenvalue weighted by atomic mass is 31.2. The molecule has 9 N–H and O–H groups in total. The average molecular weight is 414 g/mol. The number of nitrogens with two attached hydrogens (primary N) is 1. The average Bonchev–Trinajstić information content (AvgIpc) is 2.54. The number of aliphatic hydroxyl groups is 1. The van der Waals surface area contributed by atoms with Crippen LogP contribution >= 0.6 is 7.60 Å². The number of aliphatic carboxylic acids is 2. The van der Waals surface area contributed by atoms with Gasteiger partial charge in [0, 0.05) is 13.1 Å². The number of carbonyl (C=O) groups excluding carboxylic acids is 2. The molecular weight excluding hydrogens is 391 g/mol. The molecule has 0 radical (unpaired) electrons. The van der Waals surface area contributed by atoms with Gasteiger partial charge in [-0.2, -0.15) is 5.48 Å². The van der Waals surface area contributed by atoms with Gasteiger partial charge in [0.25, 0.3) is 0 Å². The van der Waals surface area contributed by atoms with Gasteiger partial charge in [0.1, 0.15) is 6.04 Å². The molecule has 2 amide bonds. The fourth-order valence-corrected chi connectivity index (χ4v) is 2.46. The number of nitrogens with one attached hydrogen (secondary N) is 3. The van der Waals surface area contributed by atoms with Crippen molar-refractivity contribution in [2.24, 2.45) is 5.73 Å². The molecule has 0 aliphatic carbocycles. The first-order chi connectivity index (χ1) is 12.5. The molecule has 156 valence electrons. The number of carbonyl (C=O) groups is 4. The zero-order valence-corrected chi connectivity index (χ0v) is 15.1. The number of aliphatic hydroxyl groups excluding tert-OH is 1. The molecular formula is C12H23N4O10P. The van der Waals surface area contributed by atoms with Crippen molar-refractivity contribution >= 4 is 31.3 Å². The first-order valence-corrected chi connectivity index (χ1v) is 9.35. The molecule has 0 saturated carbocycles. The van der Waals surface area contributed by atoms with Gasteiger partial charge < -0.3 is 36.6 Å². The van der Waals surface area contributed by atoms with Gasteiger partial charge in [-0.25, -0.2) is 4.62 Å². The number of carboxylic acid groups (broad SMARTS) is 2. The predicted octanol–water partition coefficient (Wildman–Crippen LogP) is -3.44. The van der Waals surface area contributed by atoms with E-state index in [1.54, 1.807) is 5.48 Å². The Morgan fingerprint density at radius 1 is 1.04 bits per heavy atom. The lowest BCUT2D eigenvalue weighted by Crippen LogP contribution is -2.47. The van der Waals surface area contributed by atoms with Crippen LogP contribution in [0.2, 0.25) is 0 Å². The molecule has 0 aromatic heterocycles. The Hall–Kier alpha value is -2.09. The second kappa shape index (κ2) is 12.3. The third-order valence-electron chi connectivity index (χ3n) is 2.95. The van der Waals surface area contributed by atoms with Crippen LogP contribution < -0.4 is 21.8 Å². The summed E-state index contributed by atoms with van der Waals surface area (Å²) in [7, 11) is -4.37. The number of amides is 2. The van der Waals surface area contributed by atoms with Crippen molar-refractivity contribution < 1.29 is 48.6 Å². The molecule has 0 aromatic rings. The van der Waals surface area contributed by atoms with Gasteiger partial charge in [-0.15, -0.1) is 0 Å². The van der Waals surface area contributed by atoms with Crippen LogP contribution in [0.15, 0.2) is 0 Å². The van der Waals surface area contributed by atoms with Gasteiger partial charge in [-0.1, -0.05) is 0 Å². The van der Waals surface area contributed by atoms with E-state index >= 15 is 0 Å². The number of hydroxylamine groups is 1. The van der Waals surface area contributed by atoms with Gasteiger partial charge in [0.2, 0.25) is 11.8 Å². The number of rotatable bonds is 15. The van der Waals surface area contributed by atoms with Crippen LogP contribution in [0.3, 0.4) is 0 Å². The summed E-state index contributed by atoms with van der Waals surface area (Å²) in [5.74, 6) is -4.55. The maximum Gasteiger partial charge on any atom is 0.346 e. The highest BCUT2D eigenvalue weighted by molar-refractivity contribution is 7.52. The lowest BCUT2D eigenvalue weighted by atomic mass is 10.2. The molecule has 1 unspecified atom stereocenters. The standard InChI is InChI=1S/C12H23N4O10P/c13-11(22)7(5-9(18)19)16-26-27(24,25)4-2-15-12(23)8(6-10(20)21)14-1-3-17/h7-8,14,16-17H,1-6H2,(H2,13,22)(H,15,23)(H,18,19)(H,20,21)(H,24,25)/t7-,8-/m0/s1. The van der Waals surface area contributed by atoms with E-state index in [1.165, 1.54) is 0 Å². The van der Waals surface area contributed by atoms with E-state index in [2.05, 4.69) is 15.3 Å². The number of carboxylic acids is 2. The monoisotopic (exact) mass is 414 g/mol. The minimum atomic E-state index is -4.37. The zero-order chi connectivity index (χ0) is 21.0. The van der Waals surface area contributed by atoms with Crippen molar-refractivity contribution in [1.82, 2.24) is 16.1 Å². The molecule has 15 heteroatoms. The fraction of sp³-hybridized carbons (Fsp3) is 0.667.